The zero-order valence-electron chi connectivity index (χ0n) is 74.0. The van der Waals surface area contributed by atoms with Crippen LogP contribution in [0.3, 0.4) is 0 Å². The average Bonchev–Trinajstić information content (AvgIpc) is 1.62. The van der Waals surface area contributed by atoms with E-state index in [1.165, 1.54) is 16.7 Å². The smallest absolute Gasteiger partial charge is 0.276 e. The summed E-state index contributed by atoms with van der Waals surface area (Å²) in [4.78, 5) is 85.1. The standard InChI is InChI=1S/C29H24N6O.C27H22N6O.C27H21N5O.C25H21N7O/c1-18-29-26-12-22(6-7-27(26)34-35-29)23-10-20(13-30-15-23)14-32-28(36)8-5-19-3-2-4-21(9-19)24-11-25(33-18)17-31-16-24;1-33-15-17-3-2-4-19(7-17)22-9-23(14-29-13-22)30-27(34)26-24-10-20(5-6-25(24)31-32-26)21-8-18(16-33)11-28-12-21;33-27-26-24-12-20(7-8-25(24)31-32-26)21-10-18(13-28-14-21)5-1-3-17-4-2-6-19(9-17)22-11-23(30-27)16-29-15-22;1-32-23-14-26-10-15-3-2-4-16(7-15)18-8-19(12-27-11-18)29-25(33)24-20-9-17(21(23)13-28-32)5-6-22(20)30-31-24/h2-4,6-7,9-13,15-17,33H,1,5,8,14H2,(H,32,36)(H,34,35);2-14H,15-16H2,1H3,(H,30,34)(H,31,32);2,4,6-16H,1,3,5H2,(H,30,33)(H,31,32);2-9,11-13,26H,10,14H2,1H3,(H,29,33)(H,30,31). The summed E-state index contributed by atoms with van der Waals surface area (Å²) < 4.78 is 1.89. The van der Waals surface area contributed by atoms with E-state index in [0.29, 0.717) is 72.3 Å². The maximum atomic E-state index is 13.1. The van der Waals surface area contributed by atoms with Gasteiger partial charge in [0, 0.05) is 174 Å². The summed E-state index contributed by atoms with van der Waals surface area (Å²) in [5.41, 5.74) is 33.6. The molecule has 28 heteroatoms. The number of rotatable bonds is 0. The van der Waals surface area contributed by atoms with Crippen LogP contribution in [0.4, 0.5) is 22.7 Å². The normalized spacial score (nSPS) is 13.7. The van der Waals surface area contributed by atoms with Crippen LogP contribution in [0.15, 0.2) is 312 Å². The highest BCUT2D eigenvalue weighted by atomic mass is 16.2. The molecule has 0 radical (unpaired) electrons. The van der Waals surface area contributed by atoms with E-state index in [9.17, 15) is 19.2 Å². The number of hydrogen-bond acceptors (Lipinski definition) is 19. The van der Waals surface area contributed by atoms with Crippen LogP contribution in [0, 0.1) is 0 Å². The van der Waals surface area contributed by atoms with E-state index in [2.05, 4.69) is 222 Å². The molecular weight excluding hydrogens is 1700 g/mol. The average molecular weight is 1790 g/mol. The molecule has 4 aliphatic heterocycles. The van der Waals surface area contributed by atoms with E-state index >= 15 is 0 Å². The maximum Gasteiger partial charge on any atom is 0.276 e. The van der Waals surface area contributed by atoms with Gasteiger partial charge in [-0.25, -0.2) is 0 Å². The Hall–Kier alpha value is -17.8. The molecule has 0 aliphatic carbocycles. The van der Waals surface area contributed by atoms with Gasteiger partial charge < -0.3 is 31.9 Å². The Bertz CT molecular complexity index is 8040. The Labute approximate surface area is 779 Å². The monoisotopic (exact) mass is 1780 g/mol. The minimum atomic E-state index is -0.288. The van der Waals surface area contributed by atoms with Crippen molar-refractivity contribution < 1.29 is 19.2 Å². The molecule has 4 amide bonds. The molecule has 24 rings (SSSR count). The van der Waals surface area contributed by atoms with Crippen molar-refractivity contribution in [2.75, 3.05) is 28.3 Å². The minimum Gasteiger partial charge on any atom is -0.353 e. The Morgan fingerprint density at radius 2 is 0.654 bits per heavy atom. The van der Waals surface area contributed by atoms with Gasteiger partial charge in [-0.3, -0.25) is 84.0 Å². The highest BCUT2D eigenvalue weighted by molar-refractivity contribution is 6.14. The van der Waals surface area contributed by atoms with Crippen molar-refractivity contribution >= 4 is 95.7 Å². The van der Waals surface area contributed by atoms with Gasteiger partial charge in [0.2, 0.25) is 5.91 Å². The summed E-state index contributed by atoms with van der Waals surface area (Å²) in [5.74, 6) is -0.843. The maximum absolute atomic E-state index is 13.1. The van der Waals surface area contributed by atoms with E-state index in [1.54, 1.807) is 37.2 Å². The molecule has 10 N–H and O–H groups in total. The van der Waals surface area contributed by atoms with Crippen molar-refractivity contribution in [2.45, 2.75) is 64.8 Å². The fourth-order valence-corrected chi connectivity index (χ4v) is 17.7. The van der Waals surface area contributed by atoms with Gasteiger partial charge in [-0.1, -0.05) is 116 Å². The lowest BCUT2D eigenvalue weighted by Gasteiger charge is -2.18. The quantitative estimate of drug-likeness (QED) is 0.0674. The molecular formula is C108H88N24O4. The second-order valence-electron chi connectivity index (χ2n) is 34.2. The third-order valence-corrected chi connectivity index (χ3v) is 24.6. The molecule has 30 bridgehead atoms. The van der Waals surface area contributed by atoms with Gasteiger partial charge in [0.05, 0.1) is 87.2 Å². The molecule has 20 aromatic rings. The van der Waals surface area contributed by atoms with Gasteiger partial charge in [0.1, 0.15) is 5.69 Å². The van der Waals surface area contributed by atoms with Crippen LogP contribution < -0.4 is 31.9 Å². The molecule has 0 unspecified atom stereocenters. The Morgan fingerprint density at radius 1 is 0.294 bits per heavy atom. The number of hydrogen-bond donors (Lipinski definition) is 10. The highest BCUT2D eigenvalue weighted by Crippen LogP contribution is 2.37. The van der Waals surface area contributed by atoms with Crippen LogP contribution in [0.1, 0.15) is 94.6 Å². The molecule has 12 aromatic heterocycles. The number of aryl methyl sites for hydroxylation is 4. The number of fused-ring (bicyclic) bond motifs is 35. The van der Waals surface area contributed by atoms with Crippen LogP contribution in [0.2, 0.25) is 0 Å². The Balaban J connectivity index is 0.000000109. The van der Waals surface area contributed by atoms with Gasteiger partial charge in [-0.15, -0.1) is 0 Å². The second-order valence-corrected chi connectivity index (χ2v) is 34.2. The van der Waals surface area contributed by atoms with Gasteiger partial charge in [-0.05, 0) is 219 Å². The molecule has 0 saturated heterocycles. The number of aromatic amines is 4. The van der Waals surface area contributed by atoms with E-state index in [-0.39, 0.29) is 23.6 Å². The van der Waals surface area contributed by atoms with Crippen LogP contribution in [-0.4, -0.2) is 121 Å². The topological polar surface area (TPSA) is 366 Å². The largest absolute Gasteiger partial charge is 0.353 e. The molecule has 0 saturated carbocycles. The zero-order chi connectivity index (χ0) is 92.1. The predicted molar refractivity (Wildman–Crippen MR) is 529 cm³/mol. The molecule has 28 nitrogen and oxygen atoms in total. The molecule has 4 aliphatic rings. The fraction of sp³-hybridized carbons (Fsp3) is 0.111. The summed E-state index contributed by atoms with van der Waals surface area (Å²) in [7, 11) is 4.05. The number of anilines is 4. The fourth-order valence-electron chi connectivity index (χ4n) is 17.7. The van der Waals surface area contributed by atoms with Crippen molar-refractivity contribution in [3.63, 3.8) is 0 Å². The second kappa shape index (κ2) is 37.6. The van der Waals surface area contributed by atoms with Gasteiger partial charge in [-0.2, -0.15) is 25.5 Å². The lowest BCUT2D eigenvalue weighted by atomic mass is 9.98. The van der Waals surface area contributed by atoms with E-state index in [1.807, 2.05) is 189 Å². The van der Waals surface area contributed by atoms with Gasteiger partial charge in [0.25, 0.3) is 17.7 Å². The highest BCUT2D eigenvalue weighted by Gasteiger charge is 2.24. The van der Waals surface area contributed by atoms with Crippen molar-refractivity contribution in [1.82, 2.24) is 101 Å². The predicted octanol–water partition coefficient (Wildman–Crippen LogP) is 19.5. The van der Waals surface area contributed by atoms with Crippen molar-refractivity contribution in [3.05, 3.63) is 379 Å². The molecule has 0 atom stereocenters. The first-order valence-electron chi connectivity index (χ1n) is 44.6. The third-order valence-electron chi connectivity index (χ3n) is 24.6. The summed E-state index contributed by atoms with van der Waals surface area (Å²) in [6.07, 6.45) is 31.0. The van der Waals surface area contributed by atoms with E-state index in [0.717, 1.165) is 204 Å². The molecule has 16 heterocycles. The van der Waals surface area contributed by atoms with Gasteiger partial charge >= 0.3 is 0 Å². The molecule has 8 aromatic carbocycles. The molecule has 664 valence electrons. The number of H-pyrrole nitrogens is 4. The summed E-state index contributed by atoms with van der Waals surface area (Å²) >= 11 is 0. The summed E-state index contributed by atoms with van der Waals surface area (Å²) in [6.45, 7) is 7.62. The number of aromatic nitrogens is 17. The third kappa shape index (κ3) is 18.7. The van der Waals surface area contributed by atoms with Crippen LogP contribution in [0.25, 0.3) is 138 Å². The summed E-state index contributed by atoms with van der Waals surface area (Å²) in [5, 5.41) is 55.9. The lowest BCUT2D eigenvalue weighted by Crippen LogP contribution is -2.23. The number of benzene rings is 8. The SMILES string of the molecule is C=C1Nc2cncc(c2)-c2cccc(c2)CCC(=O)NCc2cncc(c2)-c2ccc3[nH]nc1c3c2.CN1Cc2cccc(c2)-c2cncc(c2)NC(=O)c2n[nH]c3ccc(cc23)-c2cncc(c2)C1.Cn1ncc2c1CNCc1cccc(c1)-c1cncc(c1)NC(=O)c1n[nH]c3ccc-2cc13.O=C1Nc2cncc(c2)-c2cccc(c2)CCCc2cncc(c2)-c2ccc3[nH]nc1c3c2. The van der Waals surface area contributed by atoms with E-state index in [4.69, 9.17) is 0 Å². The molecule has 0 fully saturated rings. The first kappa shape index (κ1) is 85.0. The number of carbonyl (C=O) groups excluding carboxylic acids is 4. The van der Waals surface area contributed by atoms with Crippen molar-refractivity contribution in [3.8, 4) is 89.0 Å². The van der Waals surface area contributed by atoms with Crippen molar-refractivity contribution in [1.29, 1.82) is 0 Å². The van der Waals surface area contributed by atoms with Gasteiger partial charge in [0.15, 0.2) is 17.1 Å². The lowest BCUT2D eigenvalue weighted by molar-refractivity contribution is -0.121. The first-order chi connectivity index (χ1) is 66.6. The number of carbonyl (C=O) groups is 4. The minimum absolute atomic E-state index is 0.0102. The summed E-state index contributed by atoms with van der Waals surface area (Å²) in [6, 6.07) is 71.7. The number of nitrogens with zero attached hydrogens (tertiary/aromatic N) is 14. The number of pyridine rings is 7. The number of amides is 4. The first-order valence-corrected chi connectivity index (χ1v) is 44.6. The van der Waals surface area contributed by atoms with Crippen LogP contribution >= 0.6 is 0 Å². The number of nitrogens with one attached hydrogen (secondary N) is 10. The molecule has 0 spiro atoms. The Kier molecular flexibility index (Phi) is 23.5. The van der Waals surface area contributed by atoms with Crippen LogP contribution in [0.5, 0.6) is 0 Å². The zero-order valence-corrected chi connectivity index (χ0v) is 74.0. The van der Waals surface area contributed by atoms with E-state index < -0.39 is 0 Å². The Morgan fingerprint density at radius 3 is 1.16 bits per heavy atom. The molecule has 136 heavy (non-hydrogen) atoms. The van der Waals surface area contributed by atoms with Crippen LogP contribution in [-0.2, 0) is 63.8 Å². The van der Waals surface area contributed by atoms with Crippen molar-refractivity contribution in [2.24, 2.45) is 7.05 Å².